The predicted octanol–water partition coefficient (Wildman–Crippen LogP) is 1.99. The summed E-state index contributed by atoms with van der Waals surface area (Å²) in [5.74, 6) is -1.19. The highest BCUT2D eigenvalue weighted by Gasteiger charge is 2.36. The molecule has 1 aromatic heterocycles. The highest BCUT2D eigenvalue weighted by atomic mass is 127. The highest BCUT2D eigenvalue weighted by molar-refractivity contribution is 14.1. The Kier molecular flexibility index (Phi) is 4.08. The molecule has 0 aliphatic heterocycles. The average Bonchev–Trinajstić information content (AvgIpc) is 2.17. The number of halogens is 4. The normalized spacial score (nSPS) is 11.4. The van der Waals surface area contributed by atoms with E-state index in [0.29, 0.717) is 0 Å². The number of alkyl halides is 3. The van der Waals surface area contributed by atoms with Crippen molar-refractivity contribution >= 4 is 28.3 Å². The average molecular weight is 364 g/mol. The molecular formula is C7H4F3IN2O4. The van der Waals surface area contributed by atoms with Gasteiger partial charge in [0, 0.05) is 9.64 Å². The number of aliphatic hydroxyl groups is 1. The van der Waals surface area contributed by atoms with Gasteiger partial charge in [0.2, 0.25) is 0 Å². The fourth-order valence-corrected chi connectivity index (χ4v) is 1.51. The van der Waals surface area contributed by atoms with Crippen molar-refractivity contribution in [2.45, 2.75) is 13.0 Å². The second-order valence-corrected chi connectivity index (χ2v) is 3.87. The summed E-state index contributed by atoms with van der Waals surface area (Å²) in [6, 6.07) is 0.847. The molecule has 0 fully saturated rings. The third-order valence-corrected chi connectivity index (χ3v) is 2.49. The van der Waals surface area contributed by atoms with E-state index in [2.05, 4.69) is 9.72 Å². The van der Waals surface area contributed by atoms with Crippen molar-refractivity contribution in [3.8, 4) is 5.88 Å². The summed E-state index contributed by atoms with van der Waals surface area (Å²) in [5.41, 5.74) is -1.04. The lowest BCUT2D eigenvalue weighted by molar-refractivity contribution is -0.389. The molecule has 0 saturated heterocycles. The summed E-state index contributed by atoms with van der Waals surface area (Å²) < 4.78 is 39.5. The van der Waals surface area contributed by atoms with E-state index in [1.54, 1.807) is 22.6 Å². The van der Waals surface area contributed by atoms with Crippen molar-refractivity contribution < 1.29 is 27.9 Å². The summed E-state index contributed by atoms with van der Waals surface area (Å²) in [4.78, 5) is 12.7. The molecule has 0 spiro atoms. The number of aliphatic hydroxyl groups excluding tert-OH is 1. The van der Waals surface area contributed by atoms with E-state index in [9.17, 15) is 23.3 Å². The van der Waals surface area contributed by atoms with Crippen LogP contribution in [0, 0.1) is 13.7 Å². The van der Waals surface area contributed by atoms with Gasteiger partial charge in [-0.2, -0.15) is 0 Å². The van der Waals surface area contributed by atoms with Crippen LogP contribution >= 0.6 is 22.6 Å². The molecule has 1 N–H and O–H groups in total. The zero-order valence-electron chi connectivity index (χ0n) is 7.86. The molecule has 10 heteroatoms. The maximum atomic E-state index is 12.0. The van der Waals surface area contributed by atoms with Crippen LogP contribution in [0.5, 0.6) is 5.88 Å². The molecule has 1 aromatic rings. The topological polar surface area (TPSA) is 85.5 Å². The molecule has 1 heterocycles. The Morgan fingerprint density at radius 3 is 2.59 bits per heavy atom. The lowest BCUT2D eigenvalue weighted by Crippen LogP contribution is -2.19. The summed E-state index contributed by atoms with van der Waals surface area (Å²) in [5, 5.41) is 19.3. The summed E-state index contributed by atoms with van der Waals surface area (Å²) >= 11 is 1.61. The summed E-state index contributed by atoms with van der Waals surface area (Å²) in [6.07, 6.45) is -5.09. The molecule has 1 rings (SSSR count). The zero-order chi connectivity index (χ0) is 13.2. The van der Waals surface area contributed by atoms with Crippen molar-refractivity contribution in [3.05, 3.63) is 25.4 Å². The van der Waals surface area contributed by atoms with E-state index in [1.165, 1.54) is 0 Å². The fourth-order valence-electron chi connectivity index (χ4n) is 0.925. The molecule has 94 valence electrons. The number of nitro groups is 1. The standard InChI is InChI=1S/C7H4F3IN2O4/c8-7(9,10)17-6-5(13(15)16)1-3(11)4(2-14)12-6/h1,14H,2H2. The molecule has 0 amide bonds. The molecule has 17 heavy (non-hydrogen) atoms. The molecule has 0 aromatic carbocycles. The van der Waals surface area contributed by atoms with Gasteiger partial charge in [-0.05, 0) is 22.6 Å². The molecule has 0 aliphatic rings. The number of pyridine rings is 1. The van der Waals surface area contributed by atoms with Crippen molar-refractivity contribution in [3.63, 3.8) is 0 Å². The van der Waals surface area contributed by atoms with E-state index in [4.69, 9.17) is 5.11 Å². The number of hydrogen-bond acceptors (Lipinski definition) is 5. The predicted molar refractivity (Wildman–Crippen MR) is 56.2 cm³/mol. The molecule has 0 unspecified atom stereocenters. The number of aromatic nitrogens is 1. The summed E-state index contributed by atoms with van der Waals surface area (Å²) in [6.45, 7) is -0.648. The number of nitrogens with zero attached hydrogens (tertiary/aromatic N) is 2. The van der Waals surface area contributed by atoms with Gasteiger partial charge in [0.25, 0.3) is 0 Å². The number of rotatable bonds is 3. The fraction of sp³-hybridized carbons (Fsp3) is 0.286. The van der Waals surface area contributed by atoms with Gasteiger partial charge in [-0.3, -0.25) is 10.1 Å². The van der Waals surface area contributed by atoms with Crippen LogP contribution in [0.3, 0.4) is 0 Å². The van der Waals surface area contributed by atoms with Crippen LogP contribution in [-0.4, -0.2) is 21.4 Å². The Hall–Kier alpha value is -1.17. The first-order chi connectivity index (χ1) is 7.74. The van der Waals surface area contributed by atoms with Crippen LogP contribution in [0.25, 0.3) is 0 Å². The minimum atomic E-state index is -5.09. The Labute approximate surface area is 106 Å². The monoisotopic (exact) mass is 364 g/mol. The quantitative estimate of drug-likeness (QED) is 0.504. The van der Waals surface area contributed by atoms with Crippen molar-refractivity contribution in [1.82, 2.24) is 4.98 Å². The van der Waals surface area contributed by atoms with E-state index >= 15 is 0 Å². The van der Waals surface area contributed by atoms with Crippen molar-refractivity contribution in [1.29, 1.82) is 0 Å². The molecule has 0 saturated carbocycles. The van der Waals surface area contributed by atoms with Gasteiger partial charge in [0.05, 0.1) is 17.2 Å². The SMILES string of the molecule is O=[N+]([O-])c1cc(I)c(CO)nc1OC(F)(F)F. The third-order valence-electron chi connectivity index (χ3n) is 1.55. The second-order valence-electron chi connectivity index (χ2n) is 2.70. The van der Waals surface area contributed by atoms with Gasteiger partial charge >= 0.3 is 17.9 Å². The number of ether oxygens (including phenoxy) is 1. The van der Waals surface area contributed by atoms with Gasteiger partial charge in [0.1, 0.15) is 0 Å². The first-order valence-corrected chi connectivity index (χ1v) is 5.03. The Bertz CT molecular complexity index is 451. The van der Waals surface area contributed by atoms with E-state index in [-0.39, 0.29) is 9.26 Å². The van der Waals surface area contributed by atoms with Gasteiger partial charge in [0.15, 0.2) is 0 Å². The van der Waals surface area contributed by atoms with E-state index in [0.717, 1.165) is 6.07 Å². The summed E-state index contributed by atoms with van der Waals surface area (Å²) in [7, 11) is 0. The van der Waals surface area contributed by atoms with E-state index < -0.39 is 29.5 Å². The van der Waals surface area contributed by atoms with Crippen LogP contribution in [-0.2, 0) is 6.61 Å². The largest absolute Gasteiger partial charge is 0.574 e. The van der Waals surface area contributed by atoms with Crippen LogP contribution in [0.2, 0.25) is 0 Å². The molecule has 0 aliphatic carbocycles. The van der Waals surface area contributed by atoms with E-state index in [1.807, 2.05) is 0 Å². The van der Waals surface area contributed by atoms with Crippen LogP contribution in [0.4, 0.5) is 18.9 Å². The number of hydrogen-bond donors (Lipinski definition) is 1. The third kappa shape index (κ3) is 3.66. The minimum absolute atomic E-state index is 0.129. The van der Waals surface area contributed by atoms with Gasteiger partial charge < -0.3 is 9.84 Å². The Morgan fingerprint density at radius 2 is 2.18 bits per heavy atom. The van der Waals surface area contributed by atoms with Gasteiger partial charge in [-0.15, -0.1) is 13.2 Å². The first-order valence-electron chi connectivity index (χ1n) is 3.95. The highest BCUT2D eigenvalue weighted by Crippen LogP contribution is 2.32. The van der Waals surface area contributed by atoms with Gasteiger partial charge in [-0.25, -0.2) is 4.98 Å². The molecular weight excluding hydrogens is 360 g/mol. The Morgan fingerprint density at radius 1 is 1.59 bits per heavy atom. The first kappa shape index (κ1) is 13.9. The second kappa shape index (κ2) is 5.00. The molecule has 0 atom stereocenters. The lowest BCUT2D eigenvalue weighted by atomic mass is 10.3. The lowest BCUT2D eigenvalue weighted by Gasteiger charge is -2.09. The minimum Gasteiger partial charge on any atom is -0.390 e. The maximum absolute atomic E-state index is 12.0. The van der Waals surface area contributed by atoms with Crippen LogP contribution in [0.15, 0.2) is 6.07 Å². The van der Waals surface area contributed by atoms with Crippen LogP contribution < -0.4 is 4.74 Å². The van der Waals surface area contributed by atoms with Gasteiger partial charge in [-0.1, -0.05) is 0 Å². The molecule has 0 bridgehead atoms. The maximum Gasteiger partial charge on any atom is 0.574 e. The Balaban J connectivity index is 3.29. The molecule has 6 nitrogen and oxygen atoms in total. The van der Waals surface area contributed by atoms with Crippen molar-refractivity contribution in [2.24, 2.45) is 0 Å². The zero-order valence-corrected chi connectivity index (χ0v) is 10.0. The smallest absolute Gasteiger partial charge is 0.390 e. The van der Waals surface area contributed by atoms with Crippen molar-refractivity contribution in [2.75, 3.05) is 0 Å². The molecule has 0 radical (unpaired) electrons. The van der Waals surface area contributed by atoms with Crippen LogP contribution in [0.1, 0.15) is 5.69 Å².